The van der Waals surface area contributed by atoms with Crippen LogP contribution in [0.2, 0.25) is 0 Å². The Balaban J connectivity index is 2.01. The van der Waals surface area contributed by atoms with Crippen LogP contribution in [-0.2, 0) is 13.2 Å². The summed E-state index contributed by atoms with van der Waals surface area (Å²) >= 11 is 0. The van der Waals surface area contributed by atoms with Crippen LogP contribution >= 0.6 is 0 Å². The normalized spacial score (nSPS) is 11.0. The fourth-order valence-electron chi connectivity index (χ4n) is 1.81. The standard InChI is InChI=1S/C15H19FN2O2/c1-11(2)8-17-9-12-4-3-5-14(16)15(12)19-10-13-6-7-18-20-13/h3-7,11,17H,8-10H2,1-2H3. The van der Waals surface area contributed by atoms with Crippen molar-refractivity contribution >= 4 is 0 Å². The van der Waals surface area contributed by atoms with E-state index in [9.17, 15) is 4.39 Å². The van der Waals surface area contributed by atoms with Gasteiger partial charge in [0.25, 0.3) is 0 Å². The lowest BCUT2D eigenvalue weighted by Crippen LogP contribution is -2.19. The Labute approximate surface area is 117 Å². The maximum absolute atomic E-state index is 13.9. The maximum atomic E-state index is 13.9. The monoisotopic (exact) mass is 278 g/mol. The molecule has 20 heavy (non-hydrogen) atoms. The molecule has 0 aliphatic rings. The van der Waals surface area contributed by atoms with Gasteiger partial charge in [-0.1, -0.05) is 31.1 Å². The Morgan fingerprint density at radius 2 is 2.20 bits per heavy atom. The first kappa shape index (κ1) is 14.5. The van der Waals surface area contributed by atoms with Gasteiger partial charge in [-0.15, -0.1) is 0 Å². The van der Waals surface area contributed by atoms with Crippen LogP contribution in [0.5, 0.6) is 5.75 Å². The largest absolute Gasteiger partial charge is 0.482 e. The zero-order valence-electron chi connectivity index (χ0n) is 11.7. The Hall–Kier alpha value is -1.88. The number of nitrogens with zero attached hydrogens (tertiary/aromatic N) is 1. The molecule has 0 aliphatic heterocycles. The number of benzene rings is 1. The van der Waals surface area contributed by atoms with E-state index >= 15 is 0 Å². The SMILES string of the molecule is CC(C)CNCc1cccc(F)c1OCc1ccno1. The van der Waals surface area contributed by atoms with Gasteiger partial charge in [0.15, 0.2) is 17.3 Å². The predicted molar refractivity (Wildman–Crippen MR) is 73.8 cm³/mol. The molecule has 108 valence electrons. The second-order valence-corrected chi connectivity index (χ2v) is 5.02. The molecule has 2 rings (SSSR count). The number of halogens is 1. The van der Waals surface area contributed by atoms with Crippen LogP contribution < -0.4 is 10.1 Å². The summed E-state index contributed by atoms with van der Waals surface area (Å²) in [6, 6.07) is 6.62. The molecule has 1 N–H and O–H groups in total. The summed E-state index contributed by atoms with van der Waals surface area (Å²) in [7, 11) is 0. The van der Waals surface area contributed by atoms with Crippen molar-refractivity contribution in [2.24, 2.45) is 5.92 Å². The van der Waals surface area contributed by atoms with Crippen LogP contribution in [-0.4, -0.2) is 11.7 Å². The molecular formula is C15H19FN2O2. The van der Waals surface area contributed by atoms with Crippen LogP contribution in [0, 0.1) is 11.7 Å². The Morgan fingerprint density at radius 1 is 1.35 bits per heavy atom. The van der Waals surface area contributed by atoms with Gasteiger partial charge in [-0.05, 0) is 18.5 Å². The summed E-state index contributed by atoms with van der Waals surface area (Å²) in [6.45, 7) is 5.86. The third-order valence-corrected chi connectivity index (χ3v) is 2.77. The van der Waals surface area contributed by atoms with Gasteiger partial charge in [0, 0.05) is 18.2 Å². The molecule has 1 heterocycles. The summed E-state index contributed by atoms with van der Waals surface area (Å²) in [4.78, 5) is 0. The summed E-state index contributed by atoms with van der Waals surface area (Å²) in [5.74, 6) is 1.00. The number of rotatable bonds is 7. The summed E-state index contributed by atoms with van der Waals surface area (Å²) in [5, 5.41) is 6.87. The van der Waals surface area contributed by atoms with Crippen molar-refractivity contribution in [2.75, 3.05) is 6.54 Å². The predicted octanol–water partition coefficient (Wildman–Crippen LogP) is 3.14. The molecule has 0 bridgehead atoms. The average molecular weight is 278 g/mol. The van der Waals surface area contributed by atoms with Crippen molar-refractivity contribution in [1.82, 2.24) is 10.5 Å². The molecule has 0 aliphatic carbocycles. The highest BCUT2D eigenvalue weighted by Crippen LogP contribution is 2.23. The van der Waals surface area contributed by atoms with E-state index in [1.165, 1.54) is 12.3 Å². The maximum Gasteiger partial charge on any atom is 0.174 e. The summed E-state index contributed by atoms with van der Waals surface area (Å²) < 4.78 is 24.3. The number of hydrogen-bond donors (Lipinski definition) is 1. The van der Waals surface area contributed by atoms with Gasteiger partial charge in [0.05, 0.1) is 6.20 Å². The second-order valence-electron chi connectivity index (χ2n) is 5.02. The molecule has 0 atom stereocenters. The lowest BCUT2D eigenvalue weighted by atomic mass is 10.1. The fourth-order valence-corrected chi connectivity index (χ4v) is 1.81. The highest BCUT2D eigenvalue weighted by Gasteiger charge is 2.11. The third kappa shape index (κ3) is 4.06. The minimum Gasteiger partial charge on any atom is -0.482 e. The van der Waals surface area contributed by atoms with Gasteiger partial charge in [-0.25, -0.2) is 4.39 Å². The van der Waals surface area contributed by atoms with Crippen molar-refractivity contribution in [3.8, 4) is 5.75 Å². The molecule has 4 nitrogen and oxygen atoms in total. The fraction of sp³-hybridized carbons (Fsp3) is 0.400. The van der Waals surface area contributed by atoms with Crippen LogP contribution in [0.4, 0.5) is 4.39 Å². The molecule has 0 saturated heterocycles. The second kappa shape index (κ2) is 7.05. The van der Waals surface area contributed by atoms with Gasteiger partial charge in [-0.3, -0.25) is 0 Å². The van der Waals surface area contributed by atoms with E-state index in [0.717, 1.165) is 12.1 Å². The molecule has 0 fully saturated rings. The highest BCUT2D eigenvalue weighted by molar-refractivity contribution is 5.35. The minimum atomic E-state index is -0.367. The van der Waals surface area contributed by atoms with E-state index in [1.54, 1.807) is 12.1 Å². The molecule has 1 aromatic carbocycles. The van der Waals surface area contributed by atoms with Crippen LogP contribution in [0.15, 0.2) is 35.0 Å². The van der Waals surface area contributed by atoms with Crippen LogP contribution in [0.25, 0.3) is 0 Å². The Kier molecular flexibility index (Phi) is 5.12. The third-order valence-electron chi connectivity index (χ3n) is 2.77. The molecule has 2 aromatic rings. The van der Waals surface area contributed by atoms with Gasteiger partial charge < -0.3 is 14.6 Å². The highest BCUT2D eigenvalue weighted by atomic mass is 19.1. The summed E-state index contributed by atoms with van der Waals surface area (Å²) in [6.07, 6.45) is 1.53. The molecule has 1 aromatic heterocycles. The van der Waals surface area contributed by atoms with E-state index in [2.05, 4.69) is 24.3 Å². The van der Waals surface area contributed by atoms with Gasteiger partial charge in [-0.2, -0.15) is 0 Å². The molecule has 0 saturated carbocycles. The molecule has 0 spiro atoms. The average Bonchev–Trinajstić information content (AvgIpc) is 2.90. The van der Waals surface area contributed by atoms with Gasteiger partial charge >= 0.3 is 0 Å². The molecule has 5 heteroatoms. The van der Waals surface area contributed by atoms with Crippen LogP contribution in [0.1, 0.15) is 25.2 Å². The van der Waals surface area contributed by atoms with Gasteiger partial charge in [0.1, 0.15) is 6.61 Å². The number of para-hydroxylation sites is 1. The molecule has 0 radical (unpaired) electrons. The topological polar surface area (TPSA) is 47.3 Å². The minimum absolute atomic E-state index is 0.165. The number of aromatic nitrogens is 1. The lowest BCUT2D eigenvalue weighted by molar-refractivity contribution is 0.238. The first-order valence-electron chi connectivity index (χ1n) is 6.67. The lowest BCUT2D eigenvalue weighted by Gasteiger charge is -2.13. The quantitative estimate of drug-likeness (QED) is 0.845. The van der Waals surface area contributed by atoms with Crippen molar-refractivity contribution in [3.63, 3.8) is 0 Å². The number of hydrogen-bond acceptors (Lipinski definition) is 4. The van der Waals surface area contributed by atoms with Crippen molar-refractivity contribution in [2.45, 2.75) is 27.0 Å². The van der Waals surface area contributed by atoms with Gasteiger partial charge in [0.2, 0.25) is 0 Å². The molecule has 0 unspecified atom stereocenters. The molecule has 0 amide bonds. The summed E-state index contributed by atoms with van der Waals surface area (Å²) in [5.41, 5.74) is 0.796. The smallest absolute Gasteiger partial charge is 0.174 e. The zero-order chi connectivity index (χ0) is 14.4. The number of nitrogens with one attached hydrogen (secondary N) is 1. The zero-order valence-corrected chi connectivity index (χ0v) is 11.7. The Bertz CT molecular complexity index is 527. The first-order valence-corrected chi connectivity index (χ1v) is 6.67. The van der Waals surface area contributed by atoms with Crippen molar-refractivity contribution in [3.05, 3.63) is 47.6 Å². The Morgan fingerprint density at radius 3 is 2.90 bits per heavy atom. The van der Waals surface area contributed by atoms with E-state index in [4.69, 9.17) is 9.26 Å². The van der Waals surface area contributed by atoms with E-state index in [1.807, 2.05) is 6.07 Å². The van der Waals surface area contributed by atoms with Crippen molar-refractivity contribution < 1.29 is 13.7 Å². The van der Waals surface area contributed by atoms with Crippen molar-refractivity contribution in [1.29, 1.82) is 0 Å². The van der Waals surface area contributed by atoms with E-state index < -0.39 is 0 Å². The first-order chi connectivity index (χ1) is 9.66. The van der Waals surface area contributed by atoms with E-state index in [0.29, 0.717) is 18.2 Å². The number of ether oxygens (including phenoxy) is 1. The molecular weight excluding hydrogens is 259 g/mol. The van der Waals surface area contributed by atoms with E-state index in [-0.39, 0.29) is 18.2 Å². The van der Waals surface area contributed by atoms with Crippen LogP contribution in [0.3, 0.4) is 0 Å².